The first-order valence-electron chi connectivity index (χ1n) is 7.82. The summed E-state index contributed by atoms with van der Waals surface area (Å²) in [7, 11) is 0. The molecule has 2 fully saturated rings. The number of hydrogen-bond donors (Lipinski definition) is 1. The second kappa shape index (κ2) is 7.68. The van der Waals surface area contributed by atoms with E-state index < -0.39 is 30.9 Å². The molecule has 24 heavy (non-hydrogen) atoms. The molecule has 2 heterocycles. The number of carboxylic acid groups (broad SMARTS) is 1. The molecule has 2 saturated heterocycles. The van der Waals surface area contributed by atoms with Gasteiger partial charge in [0.15, 0.2) is 0 Å². The highest BCUT2D eigenvalue weighted by atomic mass is 32.4. The summed E-state index contributed by atoms with van der Waals surface area (Å²) in [6.45, 7) is 1.77. The van der Waals surface area contributed by atoms with Crippen LogP contribution in [0.5, 0.6) is 0 Å². The van der Waals surface area contributed by atoms with Gasteiger partial charge in [-0.25, -0.2) is 0 Å². The molecule has 2 rings (SSSR count). The SMILES string of the molecule is O=C(O)CN(CP(=S)(N1CCCC1)N1CCCC1)C(=O)C(F)(F)F. The van der Waals surface area contributed by atoms with Crippen molar-refractivity contribution in [3.63, 3.8) is 0 Å². The number of aliphatic carboxylic acids is 1. The topological polar surface area (TPSA) is 64.1 Å². The molecule has 2 aliphatic rings. The number of alkyl halides is 3. The van der Waals surface area contributed by atoms with E-state index in [1.54, 1.807) is 0 Å². The highest BCUT2D eigenvalue weighted by Crippen LogP contribution is 2.56. The molecule has 1 amide bonds. The summed E-state index contributed by atoms with van der Waals surface area (Å²) in [6, 6.07) is 0. The van der Waals surface area contributed by atoms with Crippen molar-refractivity contribution in [2.24, 2.45) is 0 Å². The van der Waals surface area contributed by atoms with E-state index in [1.165, 1.54) is 0 Å². The average molecular weight is 387 g/mol. The third kappa shape index (κ3) is 4.47. The van der Waals surface area contributed by atoms with Gasteiger partial charge in [0.1, 0.15) is 6.54 Å². The van der Waals surface area contributed by atoms with Crippen molar-refractivity contribution in [2.75, 3.05) is 39.0 Å². The van der Waals surface area contributed by atoms with Gasteiger partial charge in [-0.1, -0.05) is 11.8 Å². The number of carbonyl (C=O) groups is 2. The Morgan fingerprint density at radius 3 is 1.79 bits per heavy atom. The fourth-order valence-electron chi connectivity index (χ4n) is 3.13. The summed E-state index contributed by atoms with van der Waals surface area (Å²) in [5, 5.41) is 8.92. The first kappa shape index (κ1) is 19.6. The minimum Gasteiger partial charge on any atom is -0.480 e. The Morgan fingerprint density at radius 2 is 1.46 bits per heavy atom. The van der Waals surface area contributed by atoms with Crippen molar-refractivity contribution >= 4 is 30.0 Å². The van der Waals surface area contributed by atoms with Crippen LogP contribution < -0.4 is 0 Å². The van der Waals surface area contributed by atoms with Crippen LogP contribution in [0.4, 0.5) is 13.2 Å². The molecule has 138 valence electrons. The molecule has 0 saturated carbocycles. The summed E-state index contributed by atoms with van der Waals surface area (Å²) in [5.41, 5.74) is 0. The predicted molar refractivity (Wildman–Crippen MR) is 86.2 cm³/mol. The number of rotatable bonds is 6. The van der Waals surface area contributed by atoms with Crippen molar-refractivity contribution in [3.8, 4) is 0 Å². The normalized spacial score (nSPS) is 20.5. The maximum Gasteiger partial charge on any atom is 0.471 e. The number of halogens is 3. The fraction of sp³-hybridized carbons (Fsp3) is 0.846. The Kier molecular flexibility index (Phi) is 6.28. The monoisotopic (exact) mass is 387 g/mol. The van der Waals surface area contributed by atoms with Crippen LogP contribution in [0.1, 0.15) is 25.7 Å². The Labute approximate surface area is 143 Å². The minimum atomic E-state index is -5.11. The van der Waals surface area contributed by atoms with Gasteiger partial charge >= 0.3 is 18.1 Å². The molecule has 0 atom stereocenters. The first-order valence-corrected chi connectivity index (χ1v) is 10.7. The Hall–Kier alpha value is -0.700. The van der Waals surface area contributed by atoms with E-state index in [0.29, 0.717) is 31.1 Å². The van der Waals surface area contributed by atoms with E-state index >= 15 is 0 Å². The molecule has 0 aromatic heterocycles. The van der Waals surface area contributed by atoms with Crippen molar-refractivity contribution in [1.29, 1.82) is 0 Å². The lowest BCUT2D eigenvalue weighted by atomic mass is 10.4. The van der Waals surface area contributed by atoms with Gasteiger partial charge in [-0.2, -0.15) is 13.2 Å². The minimum absolute atomic E-state index is 0.340. The van der Waals surface area contributed by atoms with E-state index in [-0.39, 0.29) is 6.29 Å². The fourth-order valence-corrected chi connectivity index (χ4v) is 7.74. The zero-order valence-electron chi connectivity index (χ0n) is 13.2. The van der Waals surface area contributed by atoms with Crippen LogP contribution in [-0.2, 0) is 21.4 Å². The Balaban J connectivity index is 2.27. The average Bonchev–Trinajstić information content (AvgIpc) is 3.17. The van der Waals surface area contributed by atoms with Crippen molar-refractivity contribution in [3.05, 3.63) is 0 Å². The summed E-state index contributed by atoms with van der Waals surface area (Å²) < 4.78 is 42.6. The molecule has 0 spiro atoms. The summed E-state index contributed by atoms with van der Waals surface area (Å²) in [5.74, 6) is -3.60. The molecular weight excluding hydrogens is 366 g/mol. The molecule has 6 nitrogen and oxygen atoms in total. The predicted octanol–water partition coefficient (Wildman–Crippen LogP) is 1.92. The molecule has 1 N–H and O–H groups in total. The standard InChI is InChI=1S/C13H21F3N3O3PS/c14-13(15,16)12(22)17(9-11(20)21)10-23(24,18-5-1-2-6-18)19-7-3-4-8-19/h1-10H2,(H,20,21). The Bertz CT molecular complexity index is 514. The molecule has 2 aliphatic heterocycles. The molecule has 0 radical (unpaired) electrons. The number of amides is 1. The first-order chi connectivity index (χ1) is 11.1. The van der Waals surface area contributed by atoms with Crippen molar-refractivity contribution in [2.45, 2.75) is 31.9 Å². The van der Waals surface area contributed by atoms with Crippen LogP contribution in [0.25, 0.3) is 0 Å². The lowest BCUT2D eigenvalue weighted by Crippen LogP contribution is -2.46. The summed E-state index contributed by atoms with van der Waals surface area (Å²) in [4.78, 5) is 23.0. The summed E-state index contributed by atoms with van der Waals surface area (Å²) in [6.07, 6.45) is -4.39. The molecule has 0 unspecified atom stereocenters. The third-order valence-corrected chi connectivity index (χ3v) is 9.27. The van der Waals surface area contributed by atoms with Crippen LogP contribution in [-0.4, -0.2) is 76.4 Å². The van der Waals surface area contributed by atoms with Gasteiger partial charge < -0.3 is 10.0 Å². The number of carboxylic acids is 1. The van der Waals surface area contributed by atoms with E-state index in [2.05, 4.69) is 0 Å². The van der Waals surface area contributed by atoms with Gasteiger partial charge in [0.05, 0.1) is 12.6 Å². The zero-order chi connectivity index (χ0) is 18.0. The van der Waals surface area contributed by atoms with E-state index in [4.69, 9.17) is 16.9 Å². The Morgan fingerprint density at radius 1 is 1.04 bits per heavy atom. The molecule has 0 bridgehead atoms. The lowest BCUT2D eigenvalue weighted by Gasteiger charge is -2.41. The number of hydrogen-bond acceptors (Lipinski definition) is 3. The molecular formula is C13H21F3N3O3PS. The highest BCUT2D eigenvalue weighted by Gasteiger charge is 2.46. The quantitative estimate of drug-likeness (QED) is 0.703. The van der Waals surface area contributed by atoms with Gasteiger partial charge in [0.25, 0.3) is 0 Å². The van der Waals surface area contributed by atoms with Gasteiger partial charge in [-0.05, 0) is 25.7 Å². The number of carbonyl (C=O) groups excluding carboxylic acids is 1. The van der Waals surface area contributed by atoms with Crippen LogP contribution in [0.2, 0.25) is 0 Å². The molecule has 0 aliphatic carbocycles. The van der Waals surface area contributed by atoms with E-state index in [1.807, 2.05) is 9.34 Å². The zero-order valence-corrected chi connectivity index (χ0v) is 14.9. The highest BCUT2D eigenvalue weighted by molar-refractivity contribution is 8.12. The molecule has 0 aromatic carbocycles. The van der Waals surface area contributed by atoms with Crippen molar-refractivity contribution < 1.29 is 27.9 Å². The van der Waals surface area contributed by atoms with Gasteiger partial charge in [-0.15, -0.1) is 0 Å². The lowest BCUT2D eigenvalue weighted by molar-refractivity contribution is -0.185. The maximum atomic E-state index is 12.8. The number of nitrogens with zero attached hydrogens (tertiary/aromatic N) is 3. The summed E-state index contributed by atoms with van der Waals surface area (Å²) >= 11 is 5.80. The second-order valence-electron chi connectivity index (χ2n) is 6.02. The van der Waals surface area contributed by atoms with Crippen LogP contribution in [0.3, 0.4) is 0 Å². The van der Waals surface area contributed by atoms with Crippen molar-refractivity contribution in [1.82, 2.24) is 14.2 Å². The van der Waals surface area contributed by atoms with E-state index in [0.717, 1.165) is 25.7 Å². The van der Waals surface area contributed by atoms with Crippen LogP contribution >= 0.6 is 6.34 Å². The van der Waals surface area contributed by atoms with Gasteiger partial charge in [0, 0.05) is 26.2 Å². The largest absolute Gasteiger partial charge is 0.480 e. The second-order valence-corrected chi connectivity index (χ2v) is 10.5. The van der Waals surface area contributed by atoms with Crippen LogP contribution in [0.15, 0.2) is 0 Å². The van der Waals surface area contributed by atoms with Gasteiger partial charge in [0.2, 0.25) is 0 Å². The molecule has 0 aromatic rings. The van der Waals surface area contributed by atoms with Gasteiger partial charge in [-0.3, -0.25) is 18.9 Å². The third-order valence-electron chi connectivity index (χ3n) is 4.26. The smallest absolute Gasteiger partial charge is 0.471 e. The van der Waals surface area contributed by atoms with Crippen LogP contribution in [0, 0.1) is 0 Å². The van der Waals surface area contributed by atoms with E-state index in [9.17, 15) is 22.8 Å². The maximum absolute atomic E-state index is 12.8. The molecule has 11 heteroatoms.